The number of benzene rings is 1. The molecule has 1 fully saturated rings. The molecule has 30 heavy (non-hydrogen) atoms. The summed E-state index contributed by atoms with van der Waals surface area (Å²) in [6.07, 6.45) is 5.27. The summed E-state index contributed by atoms with van der Waals surface area (Å²) in [7, 11) is 0. The molecule has 2 unspecified atom stereocenters. The summed E-state index contributed by atoms with van der Waals surface area (Å²) in [6, 6.07) is 7.35. The summed E-state index contributed by atoms with van der Waals surface area (Å²) < 4.78 is 10.9. The molecule has 0 aliphatic heterocycles. The Labute approximate surface area is 186 Å². The van der Waals surface area contributed by atoms with Crippen molar-refractivity contribution >= 4 is 23.4 Å². The Kier molecular flexibility index (Phi) is 11.8. The molecule has 0 bridgehead atoms. The fraction of sp³-hybridized carbons (Fsp3) is 0.652. The van der Waals surface area contributed by atoms with Gasteiger partial charge in [-0.25, -0.2) is 0 Å². The van der Waals surface area contributed by atoms with Gasteiger partial charge in [0.25, 0.3) is 5.91 Å². The highest BCUT2D eigenvalue weighted by Crippen LogP contribution is 2.34. The van der Waals surface area contributed by atoms with E-state index in [9.17, 15) is 9.59 Å². The SMILES string of the molecule is CCC(C)NC(=O)COC1(C)CCC1.CCC(C)NC(=O)COc1ccc(Cl)cc1. The predicted octanol–water partition coefficient (Wildman–Crippen LogP) is 4.49. The highest BCUT2D eigenvalue weighted by Gasteiger charge is 2.33. The van der Waals surface area contributed by atoms with E-state index in [1.807, 2.05) is 20.8 Å². The number of halogens is 1. The van der Waals surface area contributed by atoms with Gasteiger partial charge in [-0.2, -0.15) is 0 Å². The molecule has 7 heteroatoms. The van der Waals surface area contributed by atoms with Crippen LogP contribution in [0.25, 0.3) is 0 Å². The van der Waals surface area contributed by atoms with Crippen LogP contribution in [0.3, 0.4) is 0 Å². The first-order valence-corrected chi connectivity index (χ1v) is 11.2. The Morgan fingerprint density at radius 1 is 1.00 bits per heavy atom. The first-order chi connectivity index (χ1) is 14.2. The lowest BCUT2D eigenvalue weighted by Crippen LogP contribution is -2.42. The van der Waals surface area contributed by atoms with E-state index >= 15 is 0 Å². The smallest absolute Gasteiger partial charge is 0.258 e. The van der Waals surface area contributed by atoms with Crippen LogP contribution in [0.4, 0.5) is 0 Å². The zero-order valence-corrected chi connectivity index (χ0v) is 19.7. The van der Waals surface area contributed by atoms with E-state index in [2.05, 4.69) is 24.5 Å². The number of amides is 2. The van der Waals surface area contributed by atoms with Crippen molar-refractivity contribution in [1.29, 1.82) is 0 Å². The number of carbonyl (C=O) groups is 2. The van der Waals surface area contributed by atoms with Crippen molar-refractivity contribution in [3.05, 3.63) is 29.3 Å². The average molecular weight is 441 g/mol. The van der Waals surface area contributed by atoms with E-state index in [4.69, 9.17) is 21.1 Å². The van der Waals surface area contributed by atoms with Gasteiger partial charge in [0, 0.05) is 17.1 Å². The molecule has 2 rings (SSSR count). The first-order valence-electron chi connectivity index (χ1n) is 10.8. The number of ether oxygens (including phenoxy) is 2. The van der Waals surface area contributed by atoms with Gasteiger partial charge in [0.2, 0.25) is 5.91 Å². The minimum atomic E-state index is -0.107. The Bertz CT molecular complexity index is 647. The van der Waals surface area contributed by atoms with Gasteiger partial charge in [0.05, 0.1) is 5.60 Å². The van der Waals surface area contributed by atoms with Crippen molar-refractivity contribution in [3.63, 3.8) is 0 Å². The summed E-state index contributed by atoms with van der Waals surface area (Å²) in [6.45, 7) is 10.4. The highest BCUT2D eigenvalue weighted by atomic mass is 35.5. The van der Waals surface area contributed by atoms with Gasteiger partial charge in [-0.15, -0.1) is 0 Å². The van der Waals surface area contributed by atoms with Crippen LogP contribution in [0.2, 0.25) is 5.02 Å². The molecular formula is C23H37ClN2O4. The Balaban J connectivity index is 0.000000303. The van der Waals surface area contributed by atoms with E-state index in [0.29, 0.717) is 10.8 Å². The zero-order chi connectivity index (χ0) is 22.6. The van der Waals surface area contributed by atoms with E-state index < -0.39 is 0 Å². The molecule has 1 aromatic carbocycles. The minimum absolute atomic E-state index is 0.00692. The van der Waals surface area contributed by atoms with E-state index in [1.165, 1.54) is 6.42 Å². The molecule has 1 aliphatic rings. The summed E-state index contributed by atoms with van der Waals surface area (Å²) in [5, 5.41) is 6.36. The summed E-state index contributed by atoms with van der Waals surface area (Å²) in [5.41, 5.74) is -0.0210. The van der Waals surface area contributed by atoms with Crippen LogP contribution in [0.15, 0.2) is 24.3 Å². The zero-order valence-electron chi connectivity index (χ0n) is 18.9. The molecule has 0 heterocycles. The van der Waals surface area contributed by atoms with Crippen molar-refractivity contribution < 1.29 is 19.1 Å². The summed E-state index contributed by atoms with van der Waals surface area (Å²) in [5.74, 6) is 0.542. The topological polar surface area (TPSA) is 76.7 Å². The molecule has 1 aromatic rings. The van der Waals surface area contributed by atoms with E-state index in [1.54, 1.807) is 24.3 Å². The number of carbonyl (C=O) groups excluding carboxylic acids is 2. The average Bonchev–Trinajstić information content (AvgIpc) is 2.70. The second kappa shape index (κ2) is 13.5. The predicted molar refractivity (Wildman–Crippen MR) is 121 cm³/mol. The molecule has 0 radical (unpaired) electrons. The second-order valence-corrected chi connectivity index (χ2v) is 8.52. The molecule has 0 spiro atoms. The Morgan fingerprint density at radius 2 is 1.50 bits per heavy atom. The van der Waals surface area contributed by atoms with Gasteiger partial charge >= 0.3 is 0 Å². The van der Waals surface area contributed by atoms with Gasteiger partial charge in [-0.1, -0.05) is 25.4 Å². The van der Waals surface area contributed by atoms with Gasteiger partial charge in [-0.3, -0.25) is 9.59 Å². The van der Waals surface area contributed by atoms with Crippen LogP contribution in [-0.4, -0.2) is 42.7 Å². The third-order valence-electron chi connectivity index (χ3n) is 5.19. The van der Waals surface area contributed by atoms with E-state index in [-0.39, 0.29) is 42.7 Å². The minimum Gasteiger partial charge on any atom is -0.484 e. The third kappa shape index (κ3) is 10.8. The van der Waals surface area contributed by atoms with Crippen LogP contribution in [0, 0.1) is 0 Å². The number of hydrogen-bond acceptors (Lipinski definition) is 4. The summed E-state index contributed by atoms with van der Waals surface area (Å²) in [4.78, 5) is 22.8. The Morgan fingerprint density at radius 3 is 1.93 bits per heavy atom. The van der Waals surface area contributed by atoms with E-state index in [0.717, 1.165) is 25.7 Å². The molecule has 6 nitrogen and oxygen atoms in total. The number of nitrogens with one attached hydrogen (secondary N) is 2. The van der Waals surface area contributed by atoms with Gasteiger partial charge in [0.1, 0.15) is 12.4 Å². The maximum Gasteiger partial charge on any atom is 0.258 e. The van der Waals surface area contributed by atoms with Crippen LogP contribution in [0.1, 0.15) is 66.7 Å². The Hall–Kier alpha value is -1.79. The van der Waals surface area contributed by atoms with Crippen molar-refractivity contribution in [2.75, 3.05) is 13.2 Å². The normalized spacial score (nSPS) is 16.2. The first kappa shape index (κ1) is 26.2. The molecule has 0 aromatic heterocycles. The molecule has 170 valence electrons. The van der Waals surface area contributed by atoms with Crippen molar-refractivity contribution in [1.82, 2.24) is 10.6 Å². The fourth-order valence-electron chi connectivity index (χ4n) is 2.58. The molecule has 1 aliphatic carbocycles. The lowest BCUT2D eigenvalue weighted by atomic mass is 9.82. The van der Waals surface area contributed by atoms with Gasteiger partial charge in [0.15, 0.2) is 6.61 Å². The quantitative estimate of drug-likeness (QED) is 0.561. The fourth-order valence-corrected chi connectivity index (χ4v) is 2.70. The lowest BCUT2D eigenvalue weighted by molar-refractivity contribution is -0.139. The number of rotatable bonds is 10. The standard InChI is InChI=1S/C12H16ClNO2.C11H21NO2/c1-3-9(2)14-12(15)8-16-11-6-4-10(13)5-7-11;1-4-9(2)12-10(13)8-14-11(3)6-5-7-11/h4-7,9H,3,8H2,1-2H3,(H,14,15);9H,4-8H2,1-3H3,(H,12,13). The van der Waals surface area contributed by atoms with Crippen LogP contribution in [0.5, 0.6) is 5.75 Å². The molecule has 2 atom stereocenters. The van der Waals surface area contributed by atoms with Gasteiger partial charge in [-0.05, 0) is 77.1 Å². The van der Waals surface area contributed by atoms with Crippen LogP contribution in [-0.2, 0) is 14.3 Å². The molecule has 2 amide bonds. The maximum atomic E-state index is 11.4. The summed E-state index contributed by atoms with van der Waals surface area (Å²) >= 11 is 5.73. The molecular weight excluding hydrogens is 404 g/mol. The molecule has 0 saturated heterocycles. The van der Waals surface area contributed by atoms with Crippen molar-refractivity contribution in [2.45, 2.75) is 84.4 Å². The van der Waals surface area contributed by atoms with Crippen molar-refractivity contribution in [2.24, 2.45) is 0 Å². The second-order valence-electron chi connectivity index (χ2n) is 8.09. The van der Waals surface area contributed by atoms with Gasteiger partial charge < -0.3 is 20.1 Å². The van der Waals surface area contributed by atoms with Crippen LogP contribution < -0.4 is 15.4 Å². The monoisotopic (exact) mass is 440 g/mol. The highest BCUT2D eigenvalue weighted by molar-refractivity contribution is 6.30. The third-order valence-corrected chi connectivity index (χ3v) is 5.44. The maximum absolute atomic E-state index is 11.4. The molecule has 1 saturated carbocycles. The number of hydrogen-bond donors (Lipinski definition) is 2. The lowest BCUT2D eigenvalue weighted by Gasteiger charge is -2.37. The molecule has 2 N–H and O–H groups in total. The largest absolute Gasteiger partial charge is 0.484 e. The van der Waals surface area contributed by atoms with Crippen molar-refractivity contribution in [3.8, 4) is 5.75 Å². The van der Waals surface area contributed by atoms with Crippen LogP contribution >= 0.6 is 11.6 Å².